The van der Waals surface area contributed by atoms with Crippen molar-refractivity contribution in [3.8, 4) is 0 Å². The molecule has 1 aromatic carbocycles. The fraction of sp³-hybridized carbons (Fsp3) is 0.538. The van der Waals surface area contributed by atoms with E-state index in [1.807, 2.05) is 13.8 Å². The monoisotopic (exact) mass is 285 g/mol. The molecule has 1 saturated heterocycles. The van der Waals surface area contributed by atoms with Crippen LogP contribution in [0.4, 0.5) is 0 Å². The van der Waals surface area contributed by atoms with Crippen LogP contribution in [0.15, 0.2) is 23.1 Å². The van der Waals surface area contributed by atoms with Crippen molar-refractivity contribution in [1.29, 1.82) is 0 Å². The summed E-state index contributed by atoms with van der Waals surface area (Å²) < 4.78 is 31.8. The summed E-state index contributed by atoms with van der Waals surface area (Å²) in [6, 6.07) is 4.86. The number of hydrogen-bond donors (Lipinski definition) is 1. The van der Waals surface area contributed by atoms with Gasteiger partial charge in [-0.2, -0.15) is 4.31 Å². The van der Waals surface area contributed by atoms with E-state index in [1.165, 1.54) is 4.31 Å². The molecule has 1 N–H and O–H groups in total. The van der Waals surface area contributed by atoms with Crippen LogP contribution in [0.1, 0.15) is 18.1 Å². The van der Waals surface area contributed by atoms with E-state index < -0.39 is 10.0 Å². The van der Waals surface area contributed by atoms with Crippen LogP contribution < -0.4 is 0 Å². The van der Waals surface area contributed by atoms with Crippen molar-refractivity contribution < 1.29 is 18.3 Å². The maximum atomic E-state index is 12.5. The smallest absolute Gasteiger partial charge is 0.243 e. The molecule has 0 bridgehead atoms. The molecule has 0 amide bonds. The van der Waals surface area contributed by atoms with Crippen molar-refractivity contribution in [2.24, 2.45) is 0 Å². The average Bonchev–Trinajstić information content (AvgIpc) is 2.39. The van der Waals surface area contributed by atoms with E-state index in [9.17, 15) is 13.5 Å². The number of sulfonamides is 1. The fourth-order valence-corrected chi connectivity index (χ4v) is 3.68. The van der Waals surface area contributed by atoms with Gasteiger partial charge in [0.15, 0.2) is 0 Å². The number of morpholine rings is 1. The fourth-order valence-electron chi connectivity index (χ4n) is 2.13. The van der Waals surface area contributed by atoms with Crippen LogP contribution in [0.25, 0.3) is 0 Å². The first kappa shape index (κ1) is 14.5. The van der Waals surface area contributed by atoms with Gasteiger partial charge in [0.1, 0.15) is 0 Å². The first-order valence-electron chi connectivity index (χ1n) is 6.27. The van der Waals surface area contributed by atoms with Gasteiger partial charge in [-0.25, -0.2) is 8.42 Å². The van der Waals surface area contributed by atoms with Gasteiger partial charge in [0.25, 0.3) is 0 Å². The molecule has 1 aromatic rings. The molecular formula is C13H19NO4S. The highest BCUT2D eigenvalue weighted by atomic mass is 32.2. The Hall–Kier alpha value is -0.950. The largest absolute Gasteiger partial charge is 0.392 e. The minimum atomic E-state index is -3.50. The summed E-state index contributed by atoms with van der Waals surface area (Å²) in [5.41, 5.74) is 1.53. The molecule has 1 aliphatic heterocycles. The van der Waals surface area contributed by atoms with Crippen molar-refractivity contribution >= 4 is 10.0 Å². The Balaban J connectivity index is 2.33. The van der Waals surface area contributed by atoms with Gasteiger partial charge in [0.2, 0.25) is 10.0 Å². The third kappa shape index (κ3) is 2.97. The van der Waals surface area contributed by atoms with Gasteiger partial charge in [-0.3, -0.25) is 0 Å². The van der Waals surface area contributed by atoms with Crippen LogP contribution in [0.3, 0.4) is 0 Å². The van der Waals surface area contributed by atoms with Crippen molar-refractivity contribution in [1.82, 2.24) is 4.31 Å². The van der Waals surface area contributed by atoms with E-state index in [4.69, 9.17) is 4.74 Å². The molecule has 19 heavy (non-hydrogen) atoms. The van der Waals surface area contributed by atoms with E-state index in [0.717, 1.165) is 5.56 Å². The van der Waals surface area contributed by atoms with E-state index in [0.29, 0.717) is 25.3 Å². The Kier molecular flexibility index (Phi) is 4.25. The van der Waals surface area contributed by atoms with E-state index in [1.54, 1.807) is 18.2 Å². The lowest BCUT2D eigenvalue weighted by molar-refractivity contribution is 0.0102. The number of aliphatic hydroxyl groups excluding tert-OH is 1. The lowest BCUT2D eigenvalue weighted by Gasteiger charge is -2.30. The number of rotatable bonds is 3. The lowest BCUT2D eigenvalue weighted by atomic mass is 10.1. The van der Waals surface area contributed by atoms with Gasteiger partial charge in [-0.1, -0.05) is 6.07 Å². The predicted octanol–water partition coefficient (Wildman–Crippen LogP) is 0.897. The number of nitrogens with zero attached hydrogens (tertiary/aromatic N) is 1. The van der Waals surface area contributed by atoms with E-state index >= 15 is 0 Å². The molecule has 0 aliphatic carbocycles. The topological polar surface area (TPSA) is 66.8 Å². The zero-order chi connectivity index (χ0) is 14.0. The normalized spacial score (nSPS) is 21.5. The Morgan fingerprint density at radius 3 is 2.84 bits per heavy atom. The number of hydrogen-bond acceptors (Lipinski definition) is 4. The number of aliphatic hydroxyl groups is 1. The molecule has 0 radical (unpaired) electrons. The van der Waals surface area contributed by atoms with Gasteiger partial charge in [-0.05, 0) is 37.1 Å². The molecule has 2 rings (SSSR count). The van der Waals surface area contributed by atoms with Gasteiger partial charge in [-0.15, -0.1) is 0 Å². The summed E-state index contributed by atoms with van der Waals surface area (Å²) in [7, 11) is -3.50. The molecule has 106 valence electrons. The molecule has 1 heterocycles. The van der Waals surface area contributed by atoms with Crippen molar-refractivity contribution in [2.45, 2.75) is 31.5 Å². The number of benzene rings is 1. The lowest BCUT2D eigenvalue weighted by Crippen LogP contribution is -2.44. The second-order valence-electron chi connectivity index (χ2n) is 4.79. The second kappa shape index (κ2) is 5.58. The zero-order valence-electron chi connectivity index (χ0n) is 11.2. The molecule has 1 atom stereocenters. The summed E-state index contributed by atoms with van der Waals surface area (Å²) >= 11 is 0. The van der Waals surface area contributed by atoms with Crippen molar-refractivity contribution in [3.05, 3.63) is 29.3 Å². The highest BCUT2D eigenvalue weighted by Gasteiger charge is 2.29. The molecule has 0 saturated carbocycles. The number of ether oxygens (including phenoxy) is 1. The van der Waals surface area contributed by atoms with Crippen LogP contribution in [0.5, 0.6) is 0 Å². The van der Waals surface area contributed by atoms with Crippen LogP contribution >= 0.6 is 0 Å². The Morgan fingerprint density at radius 1 is 1.47 bits per heavy atom. The molecule has 0 spiro atoms. The maximum Gasteiger partial charge on any atom is 0.243 e. The van der Waals surface area contributed by atoms with E-state index in [-0.39, 0.29) is 17.6 Å². The Morgan fingerprint density at radius 2 is 2.21 bits per heavy atom. The van der Waals surface area contributed by atoms with Crippen molar-refractivity contribution in [2.75, 3.05) is 19.7 Å². The Bertz CT molecular complexity index is 556. The second-order valence-corrected chi connectivity index (χ2v) is 6.73. The van der Waals surface area contributed by atoms with Crippen LogP contribution in [0, 0.1) is 6.92 Å². The minimum absolute atomic E-state index is 0.0914. The third-order valence-electron chi connectivity index (χ3n) is 3.33. The highest BCUT2D eigenvalue weighted by Crippen LogP contribution is 2.21. The third-order valence-corrected chi connectivity index (χ3v) is 5.19. The standard InChI is InChI=1S/C13H19NO4S/c1-10-3-4-13(7-12(10)9-15)19(16,17)14-5-6-18-11(2)8-14/h3-4,7,11,15H,5-6,8-9H2,1-2H3. The molecule has 1 fully saturated rings. The number of aryl methyl sites for hydroxylation is 1. The molecule has 1 aliphatic rings. The zero-order valence-corrected chi connectivity index (χ0v) is 12.0. The van der Waals surface area contributed by atoms with Gasteiger partial charge in [0, 0.05) is 13.1 Å². The van der Waals surface area contributed by atoms with Crippen LogP contribution in [0.2, 0.25) is 0 Å². The maximum absolute atomic E-state index is 12.5. The van der Waals surface area contributed by atoms with Gasteiger partial charge in [0.05, 0.1) is 24.2 Å². The van der Waals surface area contributed by atoms with Crippen molar-refractivity contribution in [3.63, 3.8) is 0 Å². The van der Waals surface area contributed by atoms with Crippen LogP contribution in [-0.4, -0.2) is 43.6 Å². The summed E-state index contributed by atoms with van der Waals surface area (Å²) in [6.07, 6.45) is -0.0914. The summed E-state index contributed by atoms with van der Waals surface area (Å²) in [5, 5.41) is 9.23. The summed E-state index contributed by atoms with van der Waals surface area (Å²) in [5.74, 6) is 0. The average molecular weight is 285 g/mol. The quantitative estimate of drug-likeness (QED) is 0.896. The molecule has 5 nitrogen and oxygen atoms in total. The molecular weight excluding hydrogens is 266 g/mol. The summed E-state index contributed by atoms with van der Waals surface area (Å²) in [6.45, 7) is 4.70. The first-order valence-corrected chi connectivity index (χ1v) is 7.71. The summed E-state index contributed by atoms with van der Waals surface area (Å²) in [4.78, 5) is 0.233. The minimum Gasteiger partial charge on any atom is -0.392 e. The van der Waals surface area contributed by atoms with Crippen LogP contribution in [-0.2, 0) is 21.4 Å². The molecule has 6 heteroatoms. The Labute approximate surface area is 113 Å². The SMILES string of the molecule is Cc1ccc(S(=O)(=O)N2CCOC(C)C2)cc1CO. The first-order chi connectivity index (χ1) is 8.95. The predicted molar refractivity (Wildman–Crippen MR) is 71.3 cm³/mol. The molecule has 1 unspecified atom stereocenters. The van der Waals surface area contributed by atoms with Gasteiger partial charge >= 0.3 is 0 Å². The highest BCUT2D eigenvalue weighted by molar-refractivity contribution is 7.89. The van der Waals surface area contributed by atoms with Gasteiger partial charge < -0.3 is 9.84 Å². The molecule has 0 aromatic heterocycles. The van der Waals surface area contributed by atoms with E-state index in [2.05, 4.69) is 0 Å².